The van der Waals surface area contributed by atoms with E-state index in [1.165, 1.54) is 62.7 Å². The van der Waals surface area contributed by atoms with Gasteiger partial charge in [0, 0.05) is 130 Å². The SMILES string of the molecule is CCCC[C@H]1CN(C)[C@@H](CCCC)C(=O)N[C@@H](CCN)C(=O)N[C@H](C(=O)NCC(N)=O)CSCC(=O)N[C@@H](Cc2ccc(O)cc2)C(=O)N(C)[C@@H](C)C(=O)N[C@@H](CC(N)=O)C(=O)N2CCC[C@H]2C(=O)N[C@@H](Cc2cnc[nH]2)C(=O)N[C@@H](CCC(=O)O)C(=O)N2C[C@H](O)C[C@H]2C(=O)N[C@@H](Cc2c[nH]c3ccccc23)C(=O)N[C@@H](CO)C(=O)N[C@@H](Cc2c[nH]c3ccccc23)C(=O)N1C. The summed E-state index contributed by atoms with van der Waals surface area (Å²) in [5, 5.41) is 70.4. The predicted octanol–water partition coefficient (Wildman–Crippen LogP) is -3.55. The third-order valence-electron chi connectivity index (χ3n) is 23.8. The Morgan fingerprint density at radius 1 is 0.561 bits per heavy atom. The number of thioether (sulfide) groups is 1. The van der Waals surface area contributed by atoms with Crippen LogP contribution >= 0.6 is 11.8 Å². The molecule has 0 saturated carbocycles. The van der Waals surface area contributed by atoms with Crippen LogP contribution in [0.3, 0.4) is 0 Å². The first-order valence-electron chi connectivity index (χ1n) is 44.1. The van der Waals surface area contributed by atoms with Gasteiger partial charge in [-0.1, -0.05) is 88.1 Å². The van der Waals surface area contributed by atoms with Crippen molar-refractivity contribution in [1.29, 1.82) is 0 Å². The van der Waals surface area contributed by atoms with Gasteiger partial charge >= 0.3 is 5.97 Å². The molecule has 3 aromatic heterocycles. The first-order chi connectivity index (χ1) is 63.0. The first kappa shape index (κ1) is 103. The summed E-state index contributed by atoms with van der Waals surface area (Å²) in [7, 11) is 4.41. The Hall–Kier alpha value is -13.1. The van der Waals surface area contributed by atoms with Gasteiger partial charge in [-0.05, 0) is 100.0 Å². The summed E-state index contributed by atoms with van der Waals surface area (Å²) in [5.74, 6) is -17.8. The summed E-state index contributed by atoms with van der Waals surface area (Å²) in [4.78, 5) is 265. The lowest BCUT2D eigenvalue weighted by atomic mass is 10.0. The van der Waals surface area contributed by atoms with Crippen molar-refractivity contribution in [2.45, 2.75) is 221 Å². The van der Waals surface area contributed by atoms with Crippen LogP contribution in [0.1, 0.15) is 127 Å². The van der Waals surface area contributed by atoms with E-state index in [0.717, 1.165) is 26.5 Å². The average Bonchev–Trinajstić information content (AvgIpc) is 1.65. The number of nitrogens with one attached hydrogen (secondary N) is 13. The molecule has 0 radical (unpaired) electrons. The number of carboxylic acid groups (broad SMARTS) is 1. The number of H-pyrrole nitrogens is 3. The summed E-state index contributed by atoms with van der Waals surface area (Å²) in [6.07, 6.45) is 3.20. The zero-order valence-corrected chi connectivity index (χ0v) is 75.4. The maximum atomic E-state index is 15.7. The zero-order valence-electron chi connectivity index (χ0n) is 74.6. The minimum absolute atomic E-state index is 0.0147. The molecule has 16 amide bonds. The third-order valence-corrected chi connectivity index (χ3v) is 24.8. The van der Waals surface area contributed by atoms with E-state index < -0.39 is 249 Å². The molecule has 9 rings (SSSR count). The molecule has 0 bridgehead atoms. The van der Waals surface area contributed by atoms with Crippen LogP contribution in [-0.2, 0) is 107 Å². The van der Waals surface area contributed by atoms with Crippen molar-refractivity contribution in [3.05, 3.63) is 120 Å². The molecule has 0 aliphatic carbocycles. The summed E-state index contributed by atoms with van der Waals surface area (Å²) in [6, 6.07) is -1.44. The number of primary amides is 2. The fourth-order valence-corrected chi connectivity index (χ4v) is 17.2. The second kappa shape index (κ2) is 49.3. The molecule has 23 N–H and O–H groups in total. The molecule has 3 aliphatic heterocycles. The maximum absolute atomic E-state index is 15.7. The van der Waals surface area contributed by atoms with E-state index in [2.05, 4.69) is 73.1 Å². The lowest BCUT2D eigenvalue weighted by molar-refractivity contribution is -0.145. The van der Waals surface area contributed by atoms with Gasteiger partial charge in [0.15, 0.2) is 0 Å². The fourth-order valence-electron chi connectivity index (χ4n) is 16.4. The van der Waals surface area contributed by atoms with Gasteiger partial charge in [0.25, 0.3) is 0 Å². The highest BCUT2D eigenvalue weighted by Crippen LogP contribution is 2.28. The molecule has 6 heterocycles. The lowest BCUT2D eigenvalue weighted by Crippen LogP contribution is -2.61. The highest BCUT2D eigenvalue weighted by atomic mass is 32.2. The minimum Gasteiger partial charge on any atom is -0.508 e. The van der Waals surface area contributed by atoms with Crippen molar-refractivity contribution >= 4 is 134 Å². The van der Waals surface area contributed by atoms with Crippen molar-refractivity contribution in [1.82, 2.24) is 97.6 Å². The third kappa shape index (κ3) is 28.5. The molecule has 132 heavy (non-hydrogen) atoms. The van der Waals surface area contributed by atoms with E-state index in [4.69, 9.17) is 17.2 Å². The Bertz CT molecular complexity index is 5070. The standard InChI is InChI=1S/C88H122N22O21S/c1-7-9-16-53-42-106(4)69(21-10-8-2)82(125)98-60(29-30-89)78(121)105-68(77(120)95-41-73(91)115)45-132-46-74(116)97-64(32-49-23-25-54(112)26-24-49)85(128)107(5)48(3)76(119)102-66(37-72(90)114)88(131)109-31-15-22-70(109)83(126)101-63(35-52-40-92-47-96-52)80(123)99-61(27-28-75(117)118)87(130)110-43-55(113)36-71(110)84(127)100-62(33-50-38-93-58-19-13-11-17-56(50)58)79(122)104-67(44-111)81(124)103-65(86(129)108(53)6)34-51-39-94-59-20-14-12-18-57(51)59/h11-14,17-20,23-26,38-40,47-48,53,55,60-71,93-94,111-113H,7-10,15-16,21-22,27-37,41-46,89H2,1-6H3,(H2,90,114)(H2,91,115)(H,92,96)(H,95,120)(H,97,116)(H,98,125)(H,99,123)(H,100,127)(H,101,126)(H,102,119)(H,103,124)(H,104,122)(H,105,121)(H,117,118)/t48-,53-,55+,60-,61-,62-,63-,64-,65-,66-,67-,68-,69-,70-,71-/m0/s1. The van der Waals surface area contributed by atoms with Gasteiger partial charge in [0.2, 0.25) is 94.5 Å². The molecule has 15 atom stereocenters. The summed E-state index contributed by atoms with van der Waals surface area (Å²) in [5.41, 5.74) is 20.2. The topological polar surface area (TPSA) is 646 Å². The molecular formula is C88H122N22O21S. The number of carbonyl (C=O) groups is 17. The number of aromatic nitrogens is 4. The number of imidazole rings is 1. The van der Waals surface area contributed by atoms with Gasteiger partial charge in [0.1, 0.15) is 78.3 Å². The van der Waals surface area contributed by atoms with E-state index in [0.29, 0.717) is 70.6 Å². The van der Waals surface area contributed by atoms with Crippen molar-refractivity contribution in [3.63, 3.8) is 0 Å². The van der Waals surface area contributed by atoms with Crippen LogP contribution in [0.25, 0.3) is 21.8 Å². The Kier molecular flexibility index (Phi) is 38.3. The number of carbonyl (C=O) groups excluding carboxylic acids is 16. The molecule has 3 fully saturated rings. The second-order valence-electron chi connectivity index (χ2n) is 33.5. The molecule has 3 aliphatic rings. The van der Waals surface area contributed by atoms with Crippen LogP contribution in [0.2, 0.25) is 0 Å². The van der Waals surface area contributed by atoms with Crippen LogP contribution in [-0.4, -0.2) is 328 Å². The van der Waals surface area contributed by atoms with E-state index in [1.807, 2.05) is 26.0 Å². The largest absolute Gasteiger partial charge is 0.508 e. The Labute approximate surface area is 765 Å². The number of aliphatic hydroxyl groups excluding tert-OH is 2. The van der Waals surface area contributed by atoms with Gasteiger partial charge < -0.3 is 125 Å². The highest BCUT2D eigenvalue weighted by molar-refractivity contribution is 8.00. The van der Waals surface area contributed by atoms with Crippen LogP contribution < -0.4 is 70.4 Å². The van der Waals surface area contributed by atoms with Crippen molar-refractivity contribution in [3.8, 4) is 5.75 Å². The van der Waals surface area contributed by atoms with Crippen molar-refractivity contribution < 1.29 is 102 Å². The molecule has 0 unspecified atom stereocenters. The number of hydrogen-bond acceptors (Lipinski definition) is 24. The molecule has 3 aromatic carbocycles. The Balaban J connectivity index is 1.08. The molecule has 43 nitrogen and oxygen atoms in total. The van der Waals surface area contributed by atoms with Crippen LogP contribution in [0.5, 0.6) is 5.75 Å². The predicted molar refractivity (Wildman–Crippen MR) is 482 cm³/mol. The number of phenolic OH excluding ortho intramolecular Hbond substituents is 1. The van der Waals surface area contributed by atoms with E-state index >= 15 is 28.8 Å². The number of fused-ring (bicyclic) bond motifs is 4. The number of rotatable bonds is 25. The normalized spacial score (nSPS) is 25.2. The molecular weight excluding hydrogens is 1730 g/mol. The molecule has 6 aromatic rings. The number of carboxylic acids is 1. The summed E-state index contributed by atoms with van der Waals surface area (Å²) in [6.45, 7) is 2.44. The van der Waals surface area contributed by atoms with Gasteiger partial charge in [-0.3, -0.25) is 86.4 Å². The Morgan fingerprint density at radius 2 is 1.11 bits per heavy atom. The highest BCUT2D eigenvalue weighted by Gasteiger charge is 2.46. The van der Waals surface area contributed by atoms with Gasteiger partial charge in [-0.25, -0.2) is 4.98 Å². The minimum atomic E-state index is -1.86. The van der Waals surface area contributed by atoms with Crippen LogP contribution in [0, 0.1) is 0 Å². The van der Waals surface area contributed by atoms with E-state index in [1.54, 1.807) is 60.7 Å². The number of aromatic hydroxyl groups is 1. The number of benzene rings is 3. The number of nitrogens with zero attached hydrogens (tertiary/aromatic N) is 6. The number of nitrogens with two attached hydrogens (primary N) is 3. The number of hydrogen-bond donors (Lipinski definition) is 20. The zero-order chi connectivity index (χ0) is 96.2. The maximum Gasteiger partial charge on any atom is 0.303 e. The number of aliphatic hydroxyl groups is 2. The molecule has 44 heteroatoms. The molecule has 716 valence electrons. The Morgan fingerprint density at radius 3 is 1.72 bits per heavy atom. The fraction of sp³-hybridized carbons (Fsp3) is 0.523. The summed E-state index contributed by atoms with van der Waals surface area (Å²) < 4.78 is 0. The first-order valence-corrected chi connectivity index (χ1v) is 45.2. The number of phenols is 1. The van der Waals surface area contributed by atoms with Crippen molar-refractivity contribution in [2.75, 3.05) is 72.0 Å². The number of aliphatic carboxylic acids is 1. The van der Waals surface area contributed by atoms with Crippen LogP contribution in [0.4, 0.5) is 0 Å². The number of aromatic amines is 3. The monoisotopic (exact) mass is 1850 g/mol. The van der Waals surface area contributed by atoms with Gasteiger partial charge in [-0.15, -0.1) is 11.8 Å². The molecule has 3 saturated heterocycles. The number of para-hydroxylation sites is 2. The van der Waals surface area contributed by atoms with Gasteiger partial charge in [0.05, 0.1) is 43.8 Å². The number of likely N-dealkylation sites (N-methyl/N-ethyl adjacent to an activating group) is 3. The smallest absolute Gasteiger partial charge is 0.303 e. The average molecular weight is 1860 g/mol. The van der Waals surface area contributed by atoms with Crippen molar-refractivity contribution in [2.24, 2.45) is 17.2 Å². The number of amides is 16. The second-order valence-corrected chi connectivity index (χ2v) is 34.5. The van der Waals surface area contributed by atoms with E-state index in [9.17, 15) is 73.2 Å². The lowest BCUT2D eigenvalue weighted by Gasteiger charge is -2.37. The summed E-state index contributed by atoms with van der Waals surface area (Å²) >= 11 is 0.793. The van der Waals surface area contributed by atoms with E-state index in [-0.39, 0.29) is 81.8 Å². The van der Waals surface area contributed by atoms with Crippen LogP contribution in [0.15, 0.2) is 97.7 Å². The number of unbranched alkanes of at least 4 members (excludes halogenated alkanes) is 2. The molecule has 0 spiro atoms. The van der Waals surface area contributed by atoms with Gasteiger partial charge in [-0.2, -0.15) is 0 Å². The quantitative estimate of drug-likeness (QED) is 0.0264.